The van der Waals surface area contributed by atoms with Crippen molar-refractivity contribution in [1.29, 1.82) is 0 Å². The number of hydrogen-bond donors (Lipinski definition) is 0. The molecule has 1 aromatic carbocycles. The van der Waals surface area contributed by atoms with Crippen LogP contribution < -0.4 is 0 Å². The highest BCUT2D eigenvalue weighted by Gasteiger charge is 2.31. The molecule has 0 unspecified atom stereocenters. The predicted molar refractivity (Wildman–Crippen MR) is 92.9 cm³/mol. The van der Waals surface area contributed by atoms with E-state index in [-0.39, 0.29) is 18.4 Å². The first-order valence-electron chi connectivity index (χ1n) is 8.65. The zero-order valence-corrected chi connectivity index (χ0v) is 14.9. The van der Waals surface area contributed by atoms with Crippen molar-refractivity contribution in [2.45, 2.75) is 24.9 Å². The summed E-state index contributed by atoms with van der Waals surface area (Å²) in [4.78, 5) is 22.5. The van der Waals surface area contributed by atoms with Gasteiger partial charge in [0, 0.05) is 37.9 Å². The third kappa shape index (κ3) is 4.63. The van der Waals surface area contributed by atoms with Gasteiger partial charge in [0.15, 0.2) is 0 Å². The number of carbonyl (C=O) groups excluding carboxylic acids is 1. The number of aromatic nitrogens is 2. The zero-order valence-electron chi connectivity index (χ0n) is 14.9. The van der Waals surface area contributed by atoms with E-state index in [1.165, 1.54) is 19.4 Å². The van der Waals surface area contributed by atoms with Gasteiger partial charge in [-0.25, -0.2) is 4.98 Å². The first-order chi connectivity index (χ1) is 12.9. The van der Waals surface area contributed by atoms with Gasteiger partial charge < -0.3 is 9.64 Å². The van der Waals surface area contributed by atoms with E-state index in [0.29, 0.717) is 30.0 Å². The molecule has 144 valence electrons. The summed E-state index contributed by atoms with van der Waals surface area (Å²) in [5.41, 5.74) is 0.710. The highest BCUT2D eigenvalue weighted by Crippen LogP contribution is 2.32. The number of benzene rings is 1. The van der Waals surface area contributed by atoms with Gasteiger partial charge in [-0.3, -0.25) is 9.78 Å². The molecule has 0 saturated carbocycles. The Bertz CT molecular complexity index is 811. The van der Waals surface area contributed by atoms with Crippen molar-refractivity contribution in [3.8, 4) is 11.3 Å². The van der Waals surface area contributed by atoms with Gasteiger partial charge in [-0.2, -0.15) is 13.2 Å². The van der Waals surface area contributed by atoms with E-state index in [1.54, 1.807) is 17.2 Å². The Morgan fingerprint density at radius 1 is 1.33 bits per heavy atom. The number of nitrogens with zero attached hydrogens (tertiary/aromatic N) is 3. The van der Waals surface area contributed by atoms with Crippen molar-refractivity contribution in [2.24, 2.45) is 0 Å². The minimum absolute atomic E-state index is 0.00203. The standard InChI is InChI=1S/C19H20F3N3O2/c1-27-12-18(26)25-7-3-5-14(11-25)17-10-23-9-16(24-17)13-4-2-6-15(8-13)19(20,21)22/h2,4,6,8-10,14H,3,5,7,11-12H2,1H3/t14-/m1/s1. The molecule has 1 saturated heterocycles. The molecule has 8 heteroatoms. The molecule has 1 aromatic heterocycles. The fourth-order valence-corrected chi connectivity index (χ4v) is 3.23. The van der Waals surface area contributed by atoms with Gasteiger partial charge >= 0.3 is 6.18 Å². The van der Waals surface area contributed by atoms with Gasteiger partial charge in [-0.1, -0.05) is 12.1 Å². The van der Waals surface area contributed by atoms with Crippen LogP contribution in [0.15, 0.2) is 36.7 Å². The molecule has 2 heterocycles. The third-order valence-corrected chi connectivity index (χ3v) is 4.60. The molecule has 1 atom stereocenters. The number of amides is 1. The lowest BCUT2D eigenvalue weighted by atomic mass is 9.94. The lowest BCUT2D eigenvalue weighted by Crippen LogP contribution is -2.41. The molecule has 3 rings (SSSR count). The number of alkyl halides is 3. The van der Waals surface area contributed by atoms with Gasteiger partial charge in [-0.15, -0.1) is 0 Å². The third-order valence-electron chi connectivity index (χ3n) is 4.60. The first-order valence-corrected chi connectivity index (χ1v) is 8.65. The molecular weight excluding hydrogens is 359 g/mol. The van der Waals surface area contributed by atoms with Crippen LogP contribution in [-0.4, -0.2) is 47.6 Å². The molecule has 2 aromatic rings. The number of likely N-dealkylation sites (tertiary alicyclic amines) is 1. The summed E-state index contributed by atoms with van der Waals surface area (Å²) in [5.74, 6) is -0.0815. The van der Waals surface area contributed by atoms with Crippen LogP contribution in [0, 0.1) is 0 Å². The Labute approximate surface area is 155 Å². The van der Waals surface area contributed by atoms with E-state index in [0.717, 1.165) is 25.0 Å². The molecule has 27 heavy (non-hydrogen) atoms. The van der Waals surface area contributed by atoms with Crippen molar-refractivity contribution in [3.05, 3.63) is 47.9 Å². The Kier molecular flexibility index (Phi) is 5.74. The number of piperidine rings is 1. The van der Waals surface area contributed by atoms with E-state index in [4.69, 9.17) is 4.74 Å². The minimum Gasteiger partial charge on any atom is -0.375 e. The summed E-state index contributed by atoms with van der Waals surface area (Å²) >= 11 is 0. The number of methoxy groups -OCH3 is 1. The van der Waals surface area contributed by atoms with Crippen LogP contribution in [0.4, 0.5) is 13.2 Å². The van der Waals surface area contributed by atoms with Crippen LogP contribution in [0.25, 0.3) is 11.3 Å². The minimum atomic E-state index is -4.41. The molecule has 1 aliphatic rings. The predicted octanol–water partition coefficient (Wildman–Crippen LogP) is 3.51. The maximum Gasteiger partial charge on any atom is 0.416 e. The van der Waals surface area contributed by atoms with Gasteiger partial charge in [0.1, 0.15) is 6.61 Å². The largest absolute Gasteiger partial charge is 0.416 e. The average Bonchev–Trinajstić information content (AvgIpc) is 2.68. The molecule has 1 amide bonds. The molecule has 5 nitrogen and oxygen atoms in total. The van der Waals surface area contributed by atoms with Gasteiger partial charge in [-0.05, 0) is 25.0 Å². The maximum absolute atomic E-state index is 13.0. The van der Waals surface area contributed by atoms with Crippen molar-refractivity contribution in [2.75, 3.05) is 26.8 Å². The first kappa shape index (κ1) is 19.3. The fraction of sp³-hybridized carbons (Fsp3) is 0.421. The van der Waals surface area contributed by atoms with Crippen LogP contribution in [-0.2, 0) is 15.7 Å². The van der Waals surface area contributed by atoms with Crippen LogP contribution in [0.3, 0.4) is 0 Å². The summed E-state index contributed by atoms with van der Waals surface area (Å²) in [6, 6.07) is 5.04. The lowest BCUT2D eigenvalue weighted by Gasteiger charge is -2.32. The lowest BCUT2D eigenvalue weighted by molar-refractivity contribution is -0.137. The second-order valence-electron chi connectivity index (χ2n) is 6.52. The average molecular weight is 379 g/mol. The topological polar surface area (TPSA) is 55.3 Å². The number of carbonyl (C=O) groups is 1. The quantitative estimate of drug-likeness (QED) is 0.816. The van der Waals surface area contributed by atoms with Gasteiger partial charge in [0.2, 0.25) is 5.91 Å². The summed E-state index contributed by atoms with van der Waals surface area (Å²) in [6.45, 7) is 1.20. The Morgan fingerprint density at radius 3 is 2.89 bits per heavy atom. The summed E-state index contributed by atoms with van der Waals surface area (Å²) in [7, 11) is 1.48. The Hall–Kier alpha value is -2.48. The highest BCUT2D eigenvalue weighted by atomic mass is 19.4. The van der Waals surface area contributed by atoms with Gasteiger partial charge in [0.25, 0.3) is 0 Å². The van der Waals surface area contributed by atoms with E-state index in [1.807, 2.05) is 0 Å². The molecule has 0 spiro atoms. The normalized spacial score (nSPS) is 17.8. The molecule has 0 aliphatic carbocycles. The van der Waals surface area contributed by atoms with E-state index in [2.05, 4.69) is 9.97 Å². The maximum atomic E-state index is 13.0. The second-order valence-corrected chi connectivity index (χ2v) is 6.52. The van der Waals surface area contributed by atoms with Crippen molar-refractivity contribution in [1.82, 2.24) is 14.9 Å². The molecule has 1 fully saturated rings. The van der Waals surface area contributed by atoms with E-state index < -0.39 is 11.7 Å². The van der Waals surface area contributed by atoms with Crippen molar-refractivity contribution in [3.63, 3.8) is 0 Å². The number of hydrogen-bond acceptors (Lipinski definition) is 4. The zero-order chi connectivity index (χ0) is 19.4. The monoisotopic (exact) mass is 379 g/mol. The van der Waals surface area contributed by atoms with E-state index >= 15 is 0 Å². The molecule has 1 aliphatic heterocycles. The van der Waals surface area contributed by atoms with Crippen molar-refractivity contribution < 1.29 is 22.7 Å². The Morgan fingerprint density at radius 2 is 2.15 bits per heavy atom. The van der Waals surface area contributed by atoms with Crippen LogP contribution >= 0.6 is 0 Å². The van der Waals surface area contributed by atoms with Crippen LogP contribution in [0.5, 0.6) is 0 Å². The molecule has 0 bridgehead atoms. The van der Waals surface area contributed by atoms with Crippen molar-refractivity contribution >= 4 is 5.91 Å². The van der Waals surface area contributed by atoms with Crippen LogP contribution in [0.2, 0.25) is 0 Å². The summed E-state index contributed by atoms with van der Waals surface area (Å²) < 4.78 is 43.8. The summed E-state index contributed by atoms with van der Waals surface area (Å²) in [6.07, 6.45) is 0.335. The number of rotatable bonds is 4. The number of halogens is 3. The second kappa shape index (κ2) is 8.04. The Balaban J connectivity index is 1.83. The SMILES string of the molecule is COCC(=O)N1CCC[C@@H](c2cncc(-c3cccc(C(F)(F)F)c3)n2)C1. The van der Waals surface area contributed by atoms with E-state index in [9.17, 15) is 18.0 Å². The molecular formula is C19H20F3N3O2. The molecule has 0 N–H and O–H groups in total. The van der Waals surface area contributed by atoms with Crippen LogP contribution in [0.1, 0.15) is 30.0 Å². The summed E-state index contributed by atoms with van der Waals surface area (Å²) in [5, 5.41) is 0. The smallest absolute Gasteiger partial charge is 0.375 e. The van der Waals surface area contributed by atoms with Gasteiger partial charge in [0.05, 0.1) is 23.1 Å². The number of ether oxygens (including phenoxy) is 1. The fourth-order valence-electron chi connectivity index (χ4n) is 3.23. The molecule has 0 radical (unpaired) electrons. The highest BCUT2D eigenvalue weighted by molar-refractivity contribution is 5.77.